The summed E-state index contributed by atoms with van der Waals surface area (Å²) in [6.45, 7) is 7.47. The van der Waals surface area contributed by atoms with Gasteiger partial charge in [-0.3, -0.25) is 4.57 Å². The highest BCUT2D eigenvalue weighted by Gasteiger charge is 2.52. The second kappa shape index (κ2) is 4.93. The molecule has 0 aliphatic rings. The van der Waals surface area contributed by atoms with Crippen molar-refractivity contribution in [2.75, 3.05) is 0 Å². The van der Waals surface area contributed by atoms with E-state index in [0.717, 1.165) is 5.56 Å². The Hall–Kier alpha value is -0.630. The van der Waals surface area contributed by atoms with Crippen molar-refractivity contribution in [3.05, 3.63) is 35.9 Å². The van der Waals surface area contributed by atoms with Crippen LogP contribution in [0.1, 0.15) is 33.3 Å². The van der Waals surface area contributed by atoms with Gasteiger partial charge >= 0.3 is 7.60 Å². The van der Waals surface area contributed by atoms with Crippen LogP contribution < -0.4 is 0 Å². The highest BCUT2D eigenvalue weighted by Crippen LogP contribution is 2.64. The lowest BCUT2D eigenvalue weighted by Gasteiger charge is -2.42. The molecule has 0 aliphatic carbocycles. The Balaban J connectivity index is 3.54. The summed E-state index contributed by atoms with van der Waals surface area (Å²) in [5.41, 5.74) is 0.721. The molecule has 0 saturated heterocycles. The molecule has 0 atom stereocenters. The van der Waals surface area contributed by atoms with Crippen LogP contribution in [-0.2, 0) is 9.72 Å². The highest BCUT2D eigenvalue weighted by molar-refractivity contribution is 7.53. The third-order valence-corrected chi connectivity index (χ3v) is 5.73. The molecule has 0 spiro atoms. The zero-order valence-electron chi connectivity index (χ0n) is 10.8. The summed E-state index contributed by atoms with van der Waals surface area (Å²) in [6, 6.07) is 9.11. The smallest absolute Gasteiger partial charge is 0.324 e. The van der Waals surface area contributed by atoms with Gasteiger partial charge in [-0.05, 0) is 17.4 Å². The van der Waals surface area contributed by atoms with E-state index in [9.17, 15) is 14.4 Å². The minimum absolute atomic E-state index is 0.134. The second-order valence-electron chi connectivity index (χ2n) is 5.04. The number of hydrogen-bond acceptors (Lipinski definition) is 1. The zero-order chi connectivity index (χ0) is 13.3. The summed E-state index contributed by atoms with van der Waals surface area (Å²) < 4.78 is 12.0. The van der Waals surface area contributed by atoms with Gasteiger partial charge in [-0.25, -0.2) is 0 Å². The first-order chi connectivity index (χ1) is 7.74. The Morgan fingerprint density at radius 1 is 1.00 bits per heavy atom. The summed E-state index contributed by atoms with van der Waals surface area (Å²) in [5.74, 6) is -0.267. The van der Waals surface area contributed by atoms with E-state index in [1.54, 1.807) is 12.1 Å². The van der Waals surface area contributed by atoms with Gasteiger partial charge in [0.25, 0.3) is 0 Å². The van der Waals surface area contributed by atoms with Gasteiger partial charge in [-0.1, -0.05) is 58.0 Å². The standard InChI is InChI=1S/C13H21O3P/c1-10(2)13(11(3)4,17(14,15)16)12-8-6-5-7-9-12/h5-11H,1-4H3,(H2,14,15,16). The molecule has 17 heavy (non-hydrogen) atoms. The first-order valence-electron chi connectivity index (χ1n) is 5.85. The van der Waals surface area contributed by atoms with Crippen molar-refractivity contribution in [2.24, 2.45) is 11.8 Å². The summed E-state index contributed by atoms with van der Waals surface area (Å²) in [4.78, 5) is 19.7. The Morgan fingerprint density at radius 2 is 1.41 bits per heavy atom. The topological polar surface area (TPSA) is 57.5 Å². The predicted molar refractivity (Wildman–Crippen MR) is 69.8 cm³/mol. The lowest BCUT2D eigenvalue weighted by Crippen LogP contribution is -2.37. The van der Waals surface area contributed by atoms with Crippen molar-refractivity contribution in [1.82, 2.24) is 0 Å². The molecule has 1 aromatic carbocycles. The van der Waals surface area contributed by atoms with E-state index in [1.807, 2.05) is 45.9 Å². The maximum absolute atomic E-state index is 12.0. The summed E-state index contributed by atoms with van der Waals surface area (Å²) in [6.07, 6.45) is 0. The van der Waals surface area contributed by atoms with Crippen LogP contribution in [0, 0.1) is 11.8 Å². The molecule has 0 radical (unpaired) electrons. The van der Waals surface area contributed by atoms with Gasteiger partial charge < -0.3 is 9.79 Å². The predicted octanol–water partition coefficient (Wildman–Crippen LogP) is 3.37. The zero-order valence-corrected chi connectivity index (χ0v) is 11.7. The van der Waals surface area contributed by atoms with Crippen LogP contribution in [0.25, 0.3) is 0 Å². The van der Waals surface area contributed by atoms with Crippen molar-refractivity contribution in [3.8, 4) is 0 Å². The Bertz CT molecular complexity index is 398. The van der Waals surface area contributed by atoms with Crippen LogP contribution in [0.3, 0.4) is 0 Å². The molecule has 0 aliphatic heterocycles. The van der Waals surface area contributed by atoms with Gasteiger partial charge in [-0.2, -0.15) is 0 Å². The molecule has 4 heteroatoms. The fraction of sp³-hybridized carbons (Fsp3) is 0.538. The largest absolute Gasteiger partial charge is 0.336 e. The molecule has 0 heterocycles. The highest BCUT2D eigenvalue weighted by atomic mass is 31.2. The quantitative estimate of drug-likeness (QED) is 0.812. The maximum atomic E-state index is 12.0. The Morgan fingerprint density at radius 3 is 1.71 bits per heavy atom. The SMILES string of the molecule is CC(C)C(c1ccccc1)(C(C)C)P(=O)(O)O. The molecule has 96 valence electrons. The number of rotatable bonds is 4. The molecule has 0 aromatic heterocycles. The third kappa shape index (κ3) is 2.33. The molecule has 0 fully saturated rings. The van der Waals surface area contributed by atoms with Crippen LogP contribution in [-0.4, -0.2) is 9.79 Å². The summed E-state index contributed by atoms with van der Waals surface area (Å²) in [7, 11) is -4.24. The molecule has 3 nitrogen and oxygen atoms in total. The van der Waals surface area contributed by atoms with Crippen LogP contribution in [0.2, 0.25) is 0 Å². The van der Waals surface area contributed by atoms with Gasteiger partial charge in [0.05, 0.1) is 0 Å². The molecule has 2 N–H and O–H groups in total. The molecule has 0 amide bonds. The minimum atomic E-state index is -4.24. The van der Waals surface area contributed by atoms with Gasteiger partial charge in [-0.15, -0.1) is 0 Å². The Labute approximate surface area is 103 Å². The number of benzene rings is 1. The maximum Gasteiger partial charge on any atom is 0.336 e. The number of hydrogen-bond donors (Lipinski definition) is 2. The monoisotopic (exact) mass is 256 g/mol. The fourth-order valence-electron chi connectivity index (χ4n) is 2.88. The molecule has 1 aromatic rings. The van der Waals surface area contributed by atoms with Gasteiger partial charge in [0.1, 0.15) is 5.16 Å². The van der Waals surface area contributed by atoms with E-state index in [-0.39, 0.29) is 11.8 Å². The fourth-order valence-corrected chi connectivity index (χ4v) is 4.71. The Kier molecular flexibility index (Phi) is 4.19. The third-order valence-electron chi connectivity index (χ3n) is 3.48. The van der Waals surface area contributed by atoms with E-state index >= 15 is 0 Å². The summed E-state index contributed by atoms with van der Waals surface area (Å²) >= 11 is 0. The van der Waals surface area contributed by atoms with E-state index in [2.05, 4.69) is 0 Å². The van der Waals surface area contributed by atoms with Gasteiger partial charge in [0.15, 0.2) is 0 Å². The average molecular weight is 256 g/mol. The van der Waals surface area contributed by atoms with E-state index in [4.69, 9.17) is 0 Å². The summed E-state index contributed by atoms with van der Waals surface area (Å²) in [5, 5.41) is -1.10. The van der Waals surface area contributed by atoms with Crippen molar-refractivity contribution >= 4 is 7.60 Å². The molecule has 1 rings (SSSR count). The molecule has 0 unspecified atom stereocenters. The molecular formula is C13H21O3P. The molecule has 0 bridgehead atoms. The normalized spacial score (nSPS) is 13.4. The van der Waals surface area contributed by atoms with Crippen LogP contribution in [0.4, 0.5) is 0 Å². The molecular weight excluding hydrogens is 235 g/mol. The lowest BCUT2D eigenvalue weighted by atomic mass is 9.79. The van der Waals surface area contributed by atoms with Gasteiger partial charge in [0.2, 0.25) is 0 Å². The van der Waals surface area contributed by atoms with E-state index < -0.39 is 12.8 Å². The molecule has 0 saturated carbocycles. The minimum Gasteiger partial charge on any atom is -0.324 e. The van der Waals surface area contributed by atoms with E-state index in [0.29, 0.717) is 0 Å². The van der Waals surface area contributed by atoms with Crippen molar-refractivity contribution in [2.45, 2.75) is 32.9 Å². The van der Waals surface area contributed by atoms with E-state index in [1.165, 1.54) is 0 Å². The van der Waals surface area contributed by atoms with Crippen molar-refractivity contribution < 1.29 is 14.4 Å². The lowest BCUT2D eigenvalue weighted by molar-refractivity contribution is 0.239. The van der Waals surface area contributed by atoms with Crippen LogP contribution >= 0.6 is 7.60 Å². The first-order valence-corrected chi connectivity index (χ1v) is 7.47. The first kappa shape index (κ1) is 14.4. The second-order valence-corrected chi connectivity index (χ2v) is 6.87. The van der Waals surface area contributed by atoms with Crippen LogP contribution in [0.15, 0.2) is 30.3 Å². The van der Waals surface area contributed by atoms with Crippen LogP contribution in [0.5, 0.6) is 0 Å². The average Bonchev–Trinajstić information content (AvgIpc) is 2.16. The van der Waals surface area contributed by atoms with Crippen molar-refractivity contribution in [3.63, 3.8) is 0 Å². The van der Waals surface area contributed by atoms with Crippen molar-refractivity contribution in [1.29, 1.82) is 0 Å². The van der Waals surface area contributed by atoms with Gasteiger partial charge in [0, 0.05) is 0 Å².